The Morgan fingerprint density at radius 2 is 2.25 bits per heavy atom. The van der Waals surface area contributed by atoms with Gasteiger partial charge in [-0.1, -0.05) is 6.92 Å². The summed E-state index contributed by atoms with van der Waals surface area (Å²) < 4.78 is 0. The van der Waals surface area contributed by atoms with Gasteiger partial charge in [-0.25, -0.2) is 4.98 Å². The Labute approximate surface area is 93.3 Å². The van der Waals surface area contributed by atoms with E-state index in [0.29, 0.717) is 11.1 Å². The van der Waals surface area contributed by atoms with E-state index in [1.807, 2.05) is 0 Å². The van der Waals surface area contributed by atoms with Crippen LogP contribution in [0, 0.1) is 0 Å². The zero-order valence-corrected chi connectivity index (χ0v) is 9.37. The van der Waals surface area contributed by atoms with Crippen molar-refractivity contribution in [3.63, 3.8) is 0 Å². The minimum absolute atomic E-state index is 0.00505. The van der Waals surface area contributed by atoms with E-state index >= 15 is 0 Å². The van der Waals surface area contributed by atoms with E-state index in [4.69, 9.17) is 0 Å². The molecule has 2 rings (SSSR count). The zero-order valence-electron chi connectivity index (χ0n) is 9.37. The van der Waals surface area contributed by atoms with Crippen LogP contribution in [0.25, 0.3) is 11.0 Å². The predicted octanol–water partition coefficient (Wildman–Crippen LogP) is 2.42. The van der Waals surface area contributed by atoms with Crippen molar-refractivity contribution in [2.45, 2.75) is 26.7 Å². The third-order valence-corrected chi connectivity index (χ3v) is 2.52. The van der Waals surface area contributed by atoms with Gasteiger partial charge in [0.1, 0.15) is 17.1 Å². The SMILES string of the molecule is CCCc1nc2c(C(C)=O)c(O)ccc2[nH]1. The standard InChI is InChI=1S/C12H14N2O2/c1-3-4-10-13-8-5-6-9(16)11(7(2)15)12(8)14-10/h5-6,16H,3-4H2,1-2H3,(H,13,14). The fourth-order valence-electron chi connectivity index (χ4n) is 1.82. The number of fused-ring (bicyclic) bond motifs is 1. The molecule has 0 saturated heterocycles. The summed E-state index contributed by atoms with van der Waals surface area (Å²) in [6, 6.07) is 3.26. The van der Waals surface area contributed by atoms with Gasteiger partial charge in [0, 0.05) is 6.42 Å². The van der Waals surface area contributed by atoms with Gasteiger partial charge in [0.2, 0.25) is 0 Å². The molecule has 0 bridgehead atoms. The molecule has 1 aromatic carbocycles. The smallest absolute Gasteiger partial charge is 0.165 e. The lowest BCUT2D eigenvalue weighted by atomic mass is 10.1. The highest BCUT2D eigenvalue weighted by atomic mass is 16.3. The van der Waals surface area contributed by atoms with Crippen molar-refractivity contribution in [1.29, 1.82) is 0 Å². The van der Waals surface area contributed by atoms with Crippen molar-refractivity contribution in [2.24, 2.45) is 0 Å². The number of nitrogens with zero attached hydrogens (tertiary/aromatic N) is 1. The Bertz CT molecular complexity index is 543. The molecule has 0 unspecified atom stereocenters. The summed E-state index contributed by atoms with van der Waals surface area (Å²) >= 11 is 0. The van der Waals surface area contributed by atoms with E-state index in [1.165, 1.54) is 13.0 Å². The maximum Gasteiger partial charge on any atom is 0.165 e. The Hall–Kier alpha value is -1.84. The minimum Gasteiger partial charge on any atom is -0.507 e. The molecule has 0 aliphatic carbocycles. The number of carbonyl (C=O) groups excluding carboxylic acids is 1. The number of phenolic OH excluding ortho intramolecular Hbond substituents is 1. The van der Waals surface area contributed by atoms with E-state index in [0.717, 1.165) is 24.2 Å². The number of carbonyl (C=O) groups is 1. The molecule has 0 aliphatic heterocycles. The lowest BCUT2D eigenvalue weighted by Gasteiger charge is -1.99. The summed E-state index contributed by atoms with van der Waals surface area (Å²) in [7, 11) is 0. The monoisotopic (exact) mass is 218 g/mol. The first-order valence-corrected chi connectivity index (χ1v) is 5.35. The number of aromatic hydroxyl groups is 1. The summed E-state index contributed by atoms with van der Waals surface area (Å²) in [5.41, 5.74) is 1.67. The maximum atomic E-state index is 11.4. The Morgan fingerprint density at radius 3 is 2.88 bits per heavy atom. The highest BCUT2D eigenvalue weighted by Gasteiger charge is 2.14. The first-order chi connectivity index (χ1) is 7.63. The predicted molar refractivity (Wildman–Crippen MR) is 61.8 cm³/mol. The van der Waals surface area contributed by atoms with Crippen LogP contribution in [0.2, 0.25) is 0 Å². The molecule has 0 saturated carbocycles. The number of hydrogen-bond acceptors (Lipinski definition) is 3. The molecule has 1 aromatic heterocycles. The van der Waals surface area contributed by atoms with Crippen LogP contribution in [0.15, 0.2) is 12.1 Å². The normalized spacial score (nSPS) is 10.9. The fourth-order valence-corrected chi connectivity index (χ4v) is 1.82. The zero-order chi connectivity index (χ0) is 11.7. The van der Waals surface area contributed by atoms with Crippen molar-refractivity contribution in [3.05, 3.63) is 23.5 Å². The molecular formula is C12H14N2O2. The van der Waals surface area contributed by atoms with Gasteiger partial charge < -0.3 is 10.1 Å². The molecule has 0 amide bonds. The van der Waals surface area contributed by atoms with Crippen LogP contribution in [0.1, 0.15) is 36.5 Å². The molecule has 0 spiro atoms. The minimum atomic E-state index is -0.169. The van der Waals surface area contributed by atoms with Crippen molar-refractivity contribution in [2.75, 3.05) is 0 Å². The molecule has 16 heavy (non-hydrogen) atoms. The molecule has 0 aliphatic rings. The lowest BCUT2D eigenvalue weighted by molar-refractivity contribution is 0.101. The van der Waals surface area contributed by atoms with E-state index < -0.39 is 0 Å². The van der Waals surface area contributed by atoms with Gasteiger partial charge in [0.25, 0.3) is 0 Å². The Morgan fingerprint density at radius 1 is 1.50 bits per heavy atom. The number of aromatic nitrogens is 2. The van der Waals surface area contributed by atoms with E-state index in [-0.39, 0.29) is 11.5 Å². The average molecular weight is 218 g/mol. The second-order valence-electron chi connectivity index (χ2n) is 3.85. The van der Waals surface area contributed by atoms with Crippen molar-refractivity contribution >= 4 is 16.8 Å². The first kappa shape index (κ1) is 10.7. The molecule has 0 radical (unpaired) electrons. The van der Waals surface area contributed by atoms with Crippen LogP contribution in [0.4, 0.5) is 0 Å². The third kappa shape index (κ3) is 1.66. The summed E-state index contributed by atoms with van der Waals surface area (Å²) in [6.07, 6.45) is 1.83. The van der Waals surface area contributed by atoms with Crippen LogP contribution in [0.5, 0.6) is 5.75 Å². The van der Waals surface area contributed by atoms with E-state index in [9.17, 15) is 9.90 Å². The number of imidazole rings is 1. The number of nitrogens with one attached hydrogen (secondary N) is 1. The number of hydrogen-bond donors (Lipinski definition) is 2. The number of Topliss-reactive ketones (excluding diaryl/α,β-unsaturated/α-hetero) is 1. The topological polar surface area (TPSA) is 66.0 Å². The highest BCUT2D eigenvalue weighted by molar-refractivity contribution is 6.07. The van der Waals surface area contributed by atoms with Gasteiger partial charge in [0.15, 0.2) is 5.78 Å². The molecule has 2 aromatic rings. The summed E-state index contributed by atoms with van der Waals surface area (Å²) in [5, 5.41) is 9.64. The van der Waals surface area contributed by atoms with Crippen molar-refractivity contribution in [1.82, 2.24) is 9.97 Å². The van der Waals surface area contributed by atoms with Crippen LogP contribution in [-0.4, -0.2) is 20.9 Å². The molecule has 4 heteroatoms. The van der Waals surface area contributed by atoms with Gasteiger partial charge in [-0.3, -0.25) is 4.79 Å². The van der Waals surface area contributed by atoms with Crippen LogP contribution in [-0.2, 0) is 6.42 Å². The largest absolute Gasteiger partial charge is 0.507 e. The Kier molecular flexibility index (Phi) is 2.64. The van der Waals surface area contributed by atoms with Crippen molar-refractivity contribution < 1.29 is 9.90 Å². The number of phenols is 1. The van der Waals surface area contributed by atoms with Crippen LogP contribution >= 0.6 is 0 Å². The number of benzene rings is 1. The fraction of sp³-hybridized carbons (Fsp3) is 0.333. The lowest BCUT2D eigenvalue weighted by Crippen LogP contribution is -1.94. The average Bonchev–Trinajstić information content (AvgIpc) is 2.59. The van der Waals surface area contributed by atoms with Crippen molar-refractivity contribution in [3.8, 4) is 5.75 Å². The molecule has 4 nitrogen and oxygen atoms in total. The van der Waals surface area contributed by atoms with Gasteiger partial charge in [-0.15, -0.1) is 0 Å². The number of ketones is 1. The quantitative estimate of drug-likeness (QED) is 0.777. The van der Waals surface area contributed by atoms with Gasteiger partial charge in [-0.05, 0) is 25.5 Å². The second kappa shape index (κ2) is 3.96. The number of H-pyrrole nitrogens is 1. The number of aryl methyl sites for hydroxylation is 1. The Balaban J connectivity index is 2.67. The summed E-state index contributed by atoms with van der Waals surface area (Å²) in [6.45, 7) is 3.50. The molecule has 0 fully saturated rings. The maximum absolute atomic E-state index is 11.4. The molecule has 0 atom stereocenters. The molecule has 84 valence electrons. The van der Waals surface area contributed by atoms with Gasteiger partial charge in [0.05, 0.1) is 11.1 Å². The molecule has 1 heterocycles. The third-order valence-electron chi connectivity index (χ3n) is 2.52. The van der Waals surface area contributed by atoms with E-state index in [1.54, 1.807) is 6.07 Å². The van der Waals surface area contributed by atoms with Crippen LogP contribution in [0.3, 0.4) is 0 Å². The first-order valence-electron chi connectivity index (χ1n) is 5.35. The summed E-state index contributed by atoms with van der Waals surface area (Å²) in [5.74, 6) is 0.679. The van der Waals surface area contributed by atoms with Gasteiger partial charge in [-0.2, -0.15) is 0 Å². The summed E-state index contributed by atoms with van der Waals surface area (Å²) in [4.78, 5) is 18.9. The number of rotatable bonds is 3. The van der Waals surface area contributed by atoms with E-state index in [2.05, 4.69) is 16.9 Å². The second-order valence-corrected chi connectivity index (χ2v) is 3.85. The van der Waals surface area contributed by atoms with Crippen LogP contribution < -0.4 is 0 Å². The molecule has 2 N–H and O–H groups in total. The highest BCUT2D eigenvalue weighted by Crippen LogP contribution is 2.26. The van der Waals surface area contributed by atoms with Gasteiger partial charge >= 0.3 is 0 Å². The molecular weight excluding hydrogens is 204 g/mol. The number of aromatic amines is 1.